The van der Waals surface area contributed by atoms with Crippen molar-refractivity contribution in [2.75, 3.05) is 32.6 Å². The molecule has 5 rings (SSSR count). The van der Waals surface area contributed by atoms with Gasteiger partial charge in [-0.25, -0.2) is 4.98 Å². The van der Waals surface area contributed by atoms with Gasteiger partial charge in [0.25, 0.3) is 0 Å². The topological polar surface area (TPSA) is 63.7 Å². The lowest BCUT2D eigenvalue weighted by Gasteiger charge is -2.31. The van der Waals surface area contributed by atoms with Gasteiger partial charge in [-0.05, 0) is 49.2 Å². The standard InChI is InChI=1S/C25H27N3O3S/c1-30-20-12-18-13-22-23(19(18)14-21(20)31-2)26-25(32-22)27-24(29)17-8-10-28(11-9-17)15-16-6-4-3-5-7-16/h3-7,12,14,17H,8-11,13,15H2,1-2H3,(H,26,27,29). The molecule has 7 heteroatoms. The minimum absolute atomic E-state index is 0.0393. The number of rotatable bonds is 6. The third-order valence-electron chi connectivity index (χ3n) is 6.35. The van der Waals surface area contributed by atoms with Gasteiger partial charge in [-0.15, -0.1) is 11.3 Å². The number of carbonyl (C=O) groups excluding carboxylic acids is 1. The molecule has 0 atom stereocenters. The molecule has 3 aromatic rings. The Labute approximate surface area is 192 Å². The fourth-order valence-electron chi connectivity index (χ4n) is 4.60. The normalized spacial score (nSPS) is 15.8. The fraction of sp³-hybridized carbons (Fsp3) is 0.360. The van der Waals surface area contributed by atoms with Crippen molar-refractivity contribution < 1.29 is 14.3 Å². The van der Waals surface area contributed by atoms with Crippen molar-refractivity contribution in [1.29, 1.82) is 0 Å². The first-order valence-electron chi connectivity index (χ1n) is 11.0. The van der Waals surface area contributed by atoms with E-state index in [4.69, 9.17) is 14.5 Å². The molecule has 32 heavy (non-hydrogen) atoms. The zero-order valence-corrected chi connectivity index (χ0v) is 19.2. The van der Waals surface area contributed by atoms with E-state index in [0.717, 1.165) is 55.9 Å². The molecular formula is C25H27N3O3S. The lowest BCUT2D eigenvalue weighted by molar-refractivity contribution is -0.121. The van der Waals surface area contributed by atoms with Crippen molar-refractivity contribution in [2.45, 2.75) is 25.8 Å². The van der Waals surface area contributed by atoms with Crippen LogP contribution in [0.1, 0.15) is 28.8 Å². The Balaban J connectivity index is 1.21. The van der Waals surface area contributed by atoms with E-state index < -0.39 is 0 Å². The summed E-state index contributed by atoms with van der Waals surface area (Å²) >= 11 is 1.57. The number of benzene rings is 2. The lowest BCUT2D eigenvalue weighted by Crippen LogP contribution is -2.37. The number of nitrogens with one attached hydrogen (secondary N) is 1. The van der Waals surface area contributed by atoms with Gasteiger partial charge in [-0.1, -0.05) is 30.3 Å². The van der Waals surface area contributed by atoms with Crippen LogP contribution in [0.4, 0.5) is 5.13 Å². The number of nitrogens with zero attached hydrogens (tertiary/aromatic N) is 2. The molecule has 166 valence electrons. The number of thiazole rings is 1. The van der Waals surface area contributed by atoms with Gasteiger partial charge in [-0.3, -0.25) is 9.69 Å². The van der Waals surface area contributed by atoms with E-state index >= 15 is 0 Å². The van der Waals surface area contributed by atoms with Crippen molar-refractivity contribution in [2.24, 2.45) is 5.92 Å². The first kappa shape index (κ1) is 21.0. The third-order valence-corrected chi connectivity index (χ3v) is 7.32. The number of likely N-dealkylation sites (tertiary alicyclic amines) is 1. The van der Waals surface area contributed by atoms with Crippen LogP contribution < -0.4 is 14.8 Å². The van der Waals surface area contributed by atoms with Crippen LogP contribution in [0.5, 0.6) is 11.5 Å². The minimum Gasteiger partial charge on any atom is -0.493 e. The summed E-state index contributed by atoms with van der Waals surface area (Å²) in [6.07, 6.45) is 2.56. The smallest absolute Gasteiger partial charge is 0.229 e. The van der Waals surface area contributed by atoms with Gasteiger partial charge in [0, 0.05) is 29.3 Å². The first-order chi connectivity index (χ1) is 15.6. The third kappa shape index (κ3) is 4.10. The Morgan fingerprint density at radius 2 is 1.84 bits per heavy atom. The van der Waals surface area contributed by atoms with Crippen LogP contribution in [-0.2, 0) is 17.8 Å². The zero-order chi connectivity index (χ0) is 22.1. The predicted octanol–water partition coefficient (Wildman–Crippen LogP) is 4.58. The van der Waals surface area contributed by atoms with E-state index in [2.05, 4.69) is 34.5 Å². The van der Waals surface area contributed by atoms with Crippen LogP contribution in [0.15, 0.2) is 42.5 Å². The second kappa shape index (κ2) is 8.92. The summed E-state index contributed by atoms with van der Waals surface area (Å²) in [5.74, 6) is 1.55. The molecule has 1 amide bonds. The van der Waals surface area contributed by atoms with Crippen LogP contribution in [0.3, 0.4) is 0 Å². The van der Waals surface area contributed by atoms with E-state index in [0.29, 0.717) is 10.9 Å². The van der Waals surface area contributed by atoms with E-state index in [1.165, 1.54) is 16.0 Å². The van der Waals surface area contributed by atoms with E-state index in [9.17, 15) is 4.79 Å². The quantitative estimate of drug-likeness (QED) is 0.467. The number of anilines is 1. The number of hydrogen-bond acceptors (Lipinski definition) is 6. The molecule has 0 unspecified atom stereocenters. The van der Waals surface area contributed by atoms with Crippen molar-refractivity contribution in [3.8, 4) is 22.8 Å². The molecule has 2 aliphatic rings. The van der Waals surface area contributed by atoms with Crippen molar-refractivity contribution >= 4 is 22.4 Å². The molecule has 1 aliphatic heterocycles. The van der Waals surface area contributed by atoms with Crippen molar-refractivity contribution in [3.63, 3.8) is 0 Å². The molecule has 6 nitrogen and oxygen atoms in total. The Morgan fingerprint density at radius 3 is 2.56 bits per heavy atom. The molecule has 2 heterocycles. The number of methoxy groups -OCH3 is 2. The largest absolute Gasteiger partial charge is 0.493 e. The van der Waals surface area contributed by atoms with Crippen LogP contribution >= 0.6 is 11.3 Å². The second-order valence-corrected chi connectivity index (χ2v) is 9.44. The average Bonchev–Trinajstić information content (AvgIpc) is 3.36. The van der Waals surface area contributed by atoms with Gasteiger partial charge < -0.3 is 14.8 Å². The highest BCUT2D eigenvalue weighted by atomic mass is 32.1. The summed E-state index contributed by atoms with van der Waals surface area (Å²) in [5.41, 5.74) is 4.50. The van der Waals surface area contributed by atoms with Crippen molar-refractivity contribution in [1.82, 2.24) is 9.88 Å². The molecule has 1 saturated heterocycles. The Morgan fingerprint density at radius 1 is 1.12 bits per heavy atom. The monoisotopic (exact) mass is 449 g/mol. The summed E-state index contributed by atoms with van der Waals surface area (Å²) in [6.45, 7) is 2.83. The van der Waals surface area contributed by atoms with Gasteiger partial charge in [0.05, 0.1) is 19.9 Å². The van der Waals surface area contributed by atoms with E-state index in [1.54, 1.807) is 25.6 Å². The maximum absolute atomic E-state index is 12.9. The van der Waals surface area contributed by atoms with Crippen LogP contribution in [-0.4, -0.2) is 43.1 Å². The van der Waals surface area contributed by atoms with E-state index in [1.807, 2.05) is 18.2 Å². The number of hydrogen-bond donors (Lipinski definition) is 1. The number of fused-ring (bicyclic) bond motifs is 3. The second-order valence-electron chi connectivity index (χ2n) is 8.36. The summed E-state index contributed by atoms with van der Waals surface area (Å²) < 4.78 is 10.9. The molecule has 2 aromatic carbocycles. The van der Waals surface area contributed by atoms with Gasteiger partial charge in [0.2, 0.25) is 5.91 Å². The molecule has 0 radical (unpaired) electrons. The molecule has 0 spiro atoms. The molecule has 1 N–H and O–H groups in total. The summed E-state index contributed by atoms with van der Waals surface area (Å²) in [4.78, 5) is 21.2. The molecule has 0 bridgehead atoms. The van der Waals surface area contributed by atoms with Gasteiger partial charge in [0.1, 0.15) is 0 Å². The number of piperidine rings is 1. The minimum atomic E-state index is 0.0393. The highest BCUT2D eigenvalue weighted by Crippen LogP contribution is 2.45. The van der Waals surface area contributed by atoms with Crippen molar-refractivity contribution in [3.05, 3.63) is 58.5 Å². The number of carbonyl (C=O) groups is 1. The highest BCUT2D eigenvalue weighted by Gasteiger charge is 2.29. The average molecular weight is 450 g/mol. The molecular weight excluding hydrogens is 422 g/mol. The maximum Gasteiger partial charge on any atom is 0.229 e. The van der Waals surface area contributed by atoms with E-state index in [-0.39, 0.29) is 11.8 Å². The summed E-state index contributed by atoms with van der Waals surface area (Å²) in [6, 6.07) is 14.5. The SMILES string of the molecule is COc1cc2c(cc1OC)-c1nc(NC(=O)C3CCN(Cc4ccccc4)CC3)sc1C2. The zero-order valence-electron chi connectivity index (χ0n) is 18.4. The summed E-state index contributed by atoms with van der Waals surface area (Å²) in [5, 5.41) is 3.77. The highest BCUT2D eigenvalue weighted by molar-refractivity contribution is 7.16. The molecule has 1 aliphatic carbocycles. The van der Waals surface area contributed by atoms with Crippen LogP contribution in [0, 0.1) is 5.92 Å². The predicted molar refractivity (Wildman–Crippen MR) is 127 cm³/mol. The maximum atomic E-state index is 12.9. The number of aromatic nitrogens is 1. The Bertz CT molecular complexity index is 1120. The lowest BCUT2D eigenvalue weighted by atomic mass is 9.95. The molecule has 1 fully saturated rings. The van der Waals surface area contributed by atoms with Gasteiger partial charge >= 0.3 is 0 Å². The van der Waals surface area contributed by atoms with Crippen LogP contribution in [0.2, 0.25) is 0 Å². The molecule has 0 saturated carbocycles. The molecule has 1 aromatic heterocycles. The fourth-order valence-corrected chi connectivity index (χ4v) is 5.60. The van der Waals surface area contributed by atoms with Gasteiger partial charge in [-0.2, -0.15) is 0 Å². The Hall–Kier alpha value is -2.90. The summed E-state index contributed by atoms with van der Waals surface area (Å²) in [7, 11) is 3.28. The van der Waals surface area contributed by atoms with Crippen LogP contribution in [0.25, 0.3) is 11.3 Å². The van der Waals surface area contributed by atoms with Gasteiger partial charge in [0.15, 0.2) is 16.6 Å². The first-order valence-corrected chi connectivity index (χ1v) is 11.8. The number of ether oxygens (including phenoxy) is 2. The number of amides is 1. The Kier molecular flexibility index (Phi) is 5.85.